The predicted molar refractivity (Wildman–Crippen MR) is 50.1 cm³/mol. The Hall–Kier alpha value is -2.70. The maximum Gasteiger partial charge on any atom is 0.347 e. The molecule has 0 radical (unpaired) electrons. The monoisotopic (exact) mass is 236 g/mol. The van der Waals surface area contributed by atoms with Crippen molar-refractivity contribution in [2.75, 3.05) is 0 Å². The standard InChI is InChI=1S/C10H4O7/c11-7(12)3-1-4(8(13)14)6-5(2-3)9(15)17-10(6)16/h1-2H,(H,11,12)(H,13,14). The molecule has 1 aromatic rings. The Labute approximate surface area is 93.2 Å². The summed E-state index contributed by atoms with van der Waals surface area (Å²) in [5, 5.41) is 17.6. The Morgan fingerprint density at radius 1 is 1.00 bits per heavy atom. The maximum absolute atomic E-state index is 11.2. The van der Waals surface area contributed by atoms with Crippen molar-refractivity contribution in [1.82, 2.24) is 0 Å². The van der Waals surface area contributed by atoms with Gasteiger partial charge in [-0.2, -0.15) is 0 Å². The molecule has 0 aromatic heterocycles. The van der Waals surface area contributed by atoms with E-state index in [1.165, 1.54) is 0 Å². The van der Waals surface area contributed by atoms with Crippen molar-refractivity contribution >= 4 is 23.9 Å². The first-order valence-corrected chi connectivity index (χ1v) is 4.33. The molecule has 0 aliphatic carbocycles. The molecule has 0 saturated heterocycles. The highest BCUT2D eigenvalue weighted by Crippen LogP contribution is 2.25. The fraction of sp³-hybridized carbons (Fsp3) is 0. The highest BCUT2D eigenvalue weighted by atomic mass is 16.6. The smallest absolute Gasteiger partial charge is 0.347 e. The number of rotatable bonds is 2. The molecule has 0 amide bonds. The van der Waals surface area contributed by atoms with E-state index in [1.54, 1.807) is 0 Å². The molecule has 0 saturated carbocycles. The zero-order valence-corrected chi connectivity index (χ0v) is 8.09. The van der Waals surface area contributed by atoms with Crippen molar-refractivity contribution in [3.63, 3.8) is 0 Å². The van der Waals surface area contributed by atoms with Gasteiger partial charge in [-0.15, -0.1) is 0 Å². The topological polar surface area (TPSA) is 118 Å². The Morgan fingerprint density at radius 3 is 2.18 bits per heavy atom. The SMILES string of the molecule is O=C(O)c1cc(C(=O)O)c2c(c1)C(=O)OC2=O. The van der Waals surface area contributed by atoms with Crippen LogP contribution < -0.4 is 0 Å². The van der Waals surface area contributed by atoms with Gasteiger partial charge in [0.25, 0.3) is 0 Å². The third-order valence-corrected chi connectivity index (χ3v) is 2.23. The van der Waals surface area contributed by atoms with Gasteiger partial charge in [0.15, 0.2) is 0 Å². The van der Waals surface area contributed by atoms with Crippen LogP contribution in [0.5, 0.6) is 0 Å². The third kappa shape index (κ3) is 1.53. The summed E-state index contributed by atoms with van der Waals surface area (Å²) >= 11 is 0. The molecule has 7 nitrogen and oxygen atoms in total. The minimum Gasteiger partial charge on any atom is -0.478 e. The Balaban J connectivity index is 2.79. The number of carboxylic acids is 2. The predicted octanol–water partition coefficient (Wildman–Crippen LogP) is 0.394. The van der Waals surface area contributed by atoms with E-state index in [4.69, 9.17) is 10.2 Å². The highest BCUT2D eigenvalue weighted by molar-refractivity contribution is 6.19. The second kappa shape index (κ2) is 3.41. The van der Waals surface area contributed by atoms with Crippen molar-refractivity contribution in [1.29, 1.82) is 0 Å². The van der Waals surface area contributed by atoms with E-state index in [9.17, 15) is 19.2 Å². The summed E-state index contributed by atoms with van der Waals surface area (Å²) in [4.78, 5) is 44.0. The average Bonchev–Trinajstić information content (AvgIpc) is 2.53. The minimum atomic E-state index is -1.50. The van der Waals surface area contributed by atoms with Crippen LogP contribution >= 0.6 is 0 Å². The van der Waals surface area contributed by atoms with Crippen LogP contribution in [-0.2, 0) is 4.74 Å². The molecule has 1 aliphatic rings. The average molecular weight is 236 g/mol. The van der Waals surface area contributed by atoms with Crippen LogP contribution in [0.3, 0.4) is 0 Å². The number of hydrogen-bond acceptors (Lipinski definition) is 5. The molecule has 7 heteroatoms. The Kier molecular flexibility index (Phi) is 2.17. The number of aromatic carboxylic acids is 2. The van der Waals surface area contributed by atoms with Gasteiger partial charge in [0.05, 0.1) is 22.3 Å². The molecule has 1 aromatic carbocycles. The number of carbonyl (C=O) groups excluding carboxylic acids is 2. The van der Waals surface area contributed by atoms with E-state index in [-0.39, 0.29) is 5.56 Å². The molecular weight excluding hydrogens is 232 g/mol. The molecular formula is C10H4O7. The number of hydrogen-bond donors (Lipinski definition) is 2. The van der Waals surface area contributed by atoms with E-state index >= 15 is 0 Å². The summed E-state index contributed by atoms with van der Waals surface area (Å²) in [6.07, 6.45) is 0. The zero-order chi connectivity index (χ0) is 12.7. The summed E-state index contributed by atoms with van der Waals surface area (Å²) < 4.78 is 4.22. The van der Waals surface area contributed by atoms with Crippen molar-refractivity contribution in [2.45, 2.75) is 0 Å². The summed E-state index contributed by atoms with van der Waals surface area (Å²) in [5.41, 5.74) is -1.71. The molecule has 86 valence electrons. The van der Waals surface area contributed by atoms with Crippen LogP contribution in [0.15, 0.2) is 12.1 Å². The van der Waals surface area contributed by atoms with Gasteiger partial charge in [-0.1, -0.05) is 0 Å². The highest BCUT2D eigenvalue weighted by Gasteiger charge is 2.35. The van der Waals surface area contributed by atoms with Crippen molar-refractivity contribution < 1.29 is 34.1 Å². The number of ether oxygens (including phenoxy) is 1. The Morgan fingerprint density at radius 2 is 1.65 bits per heavy atom. The lowest BCUT2D eigenvalue weighted by molar-refractivity contribution is 0.0439. The lowest BCUT2D eigenvalue weighted by Gasteiger charge is -2.01. The van der Waals surface area contributed by atoms with Gasteiger partial charge in [0, 0.05) is 0 Å². The van der Waals surface area contributed by atoms with Crippen LogP contribution in [0.25, 0.3) is 0 Å². The molecule has 0 unspecified atom stereocenters. The lowest BCUT2D eigenvalue weighted by Crippen LogP contribution is -2.09. The van der Waals surface area contributed by atoms with E-state index in [2.05, 4.69) is 4.74 Å². The van der Waals surface area contributed by atoms with E-state index in [1.807, 2.05) is 0 Å². The van der Waals surface area contributed by atoms with Crippen LogP contribution in [-0.4, -0.2) is 34.1 Å². The van der Waals surface area contributed by atoms with Gasteiger partial charge in [0.2, 0.25) is 0 Å². The first-order valence-electron chi connectivity index (χ1n) is 4.33. The minimum absolute atomic E-state index is 0.340. The Bertz CT molecular complexity index is 585. The molecule has 2 N–H and O–H groups in total. The van der Waals surface area contributed by atoms with E-state index in [0.29, 0.717) is 0 Å². The molecule has 2 rings (SSSR count). The van der Waals surface area contributed by atoms with Crippen molar-refractivity contribution in [3.8, 4) is 0 Å². The number of cyclic esters (lactones) is 2. The lowest BCUT2D eigenvalue weighted by atomic mass is 9.99. The normalized spacial score (nSPS) is 13.2. The fourth-order valence-corrected chi connectivity index (χ4v) is 1.51. The summed E-state index contributed by atoms with van der Waals surface area (Å²) in [5.74, 6) is -5.03. The van der Waals surface area contributed by atoms with Gasteiger partial charge in [-0.3, -0.25) is 0 Å². The maximum atomic E-state index is 11.2. The number of carbonyl (C=O) groups is 4. The second-order valence-electron chi connectivity index (χ2n) is 3.23. The molecule has 0 bridgehead atoms. The molecule has 0 atom stereocenters. The van der Waals surface area contributed by atoms with E-state index in [0.717, 1.165) is 12.1 Å². The van der Waals surface area contributed by atoms with Gasteiger partial charge in [0.1, 0.15) is 0 Å². The largest absolute Gasteiger partial charge is 0.478 e. The number of fused-ring (bicyclic) bond motifs is 1. The quantitative estimate of drug-likeness (QED) is 0.563. The molecule has 1 aliphatic heterocycles. The van der Waals surface area contributed by atoms with Crippen LogP contribution in [0, 0.1) is 0 Å². The van der Waals surface area contributed by atoms with Gasteiger partial charge in [-0.05, 0) is 12.1 Å². The molecule has 1 heterocycles. The van der Waals surface area contributed by atoms with Gasteiger partial charge in [-0.25, -0.2) is 19.2 Å². The van der Waals surface area contributed by atoms with Crippen LogP contribution in [0.2, 0.25) is 0 Å². The number of esters is 2. The van der Waals surface area contributed by atoms with Crippen molar-refractivity contribution in [3.05, 3.63) is 34.4 Å². The first-order chi connectivity index (χ1) is 7.91. The summed E-state index contributed by atoms with van der Waals surface area (Å²) in [6.45, 7) is 0. The second-order valence-corrected chi connectivity index (χ2v) is 3.23. The molecule has 0 fully saturated rings. The fourth-order valence-electron chi connectivity index (χ4n) is 1.51. The van der Waals surface area contributed by atoms with Gasteiger partial charge < -0.3 is 14.9 Å². The molecule has 0 spiro atoms. The number of benzene rings is 1. The van der Waals surface area contributed by atoms with Crippen LogP contribution in [0.1, 0.15) is 41.4 Å². The third-order valence-electron chi connectivity index (χ3n) is 2.23. The number of carboxylic acid groups (broad SMARTS) is 2. The summed E-state index contributed by atoms with van der Waals surface area (Å²) in [6, 6.07) is 1.72. The first kappa shape index (κ1) is 10.8. The van der Waals surface area contributed by atoms with Crippen molar-refractivity contribution in [2.24, 2.45) is 0 Å². The van der Waals surface area contributed by atoms with E-state index < -0.39 is 40.6 Å². The van der Waals surface area contributed by atoms with Crippen LogP contribution in [0.4, 0.5) is 0 Å². The molecule has 17 heavy (non-hydrogen) atoms. The van der Waals surface area contributed by atoms with Gasteiger partial charge >= 0.3 is 23.9 Å². The zero-order valence-electron chi connectivity index (χ0n) is 8.09. The summed E-state index contributed by atoms with van der Waals surface area (Å²) in [7, 11) is 0.